The van der Waals surface area contributed by atoms with Gasteiger partial charge >= 0.3 is 0 Å². The summed E-state index contributed by atoms with van der Waals surface area (Å²) in [7, 11) is 1.89. The molecule has 0 spiro atoms. The first-order valence-corrected chi connectivity index (χ1v) is 6.32. The van der Waals surface area contributed by atoms with E-state index in [2.05, 4.69) is 5.32 Å². The first kappa shape index (κ1) is 13.5. The van der Waals surface area contributed by atoms with Gasteiger partial charge in [0.1, 0.15) is 11.6 Å². The molecule has 100 valence electrons. The average Bonchev–Trinajstić information content (AvgIpc) is 2.90. The number of hydrogen-bond donors (Lipinski definition) is 1. The maximum Gasteiger partial charge on any atom is 0.169 e. The minimum atomic E-state index is -0.235. The van der Waals surface area contributed by atoms with E-state index in [4.69, 9.17) is 16.6 Å². The third-order valence-corrected chi connectivity index (χ3v) is 3.13. The van der Waals surface area contributed by atoms with Crippen LogP contribution in [0.1, 0.15) is 11.3 Å². The normalized spacial score (nSPS) is 10.2. The van der Waals surface area contributed by atoms with Crippen LogP contribution in [0.2, 0.25) is 0 Å². The van der Waals surface area contributed by atoms with Crippen molar-refractivity contribution in [2.45, 2.75) is 13.1 Å². The van der Waals surface area contributed by atoms with Crippen LogP contribution < -0.4 is 5.32 Å². The lowest BCUT2D eigenvalue weighted by molar-refractivity contribution is 0.406. The van der Waals surface area contributed by atoms with E-state index in [1.165, 1.54) is 12.1 Å². The quantitative estimate of drug-likeness (QED) is 0.871. The van der Waals surface area contributed by atoms with E-state index in [-0.39, 0.29) is 5.82 Å². The SMILES string of the molecule is CN(Cc1ccco1)C(=S)NCc1ccc(F)cc1. The Labute approximate surface area is 117 Å². The molecule has 0 bridgehead atoms. The maximum atomic E-state index is 12.8. The summed E-state index contributed by atoms with van der Waals surface area (Å²) >= 11 is 5.27. The van der Waals surface area contributed by atoms with Gasteiger partial charge in [0.2, 0.25) is 0 Å². The Morgan fingerprint density at radius 2 is 2.05 bits per heavy atom. The first-order chi connectivity index (χ1) is 9.15. The zero-order valence-electron chi connectivity index (χ0n) is 10.6. The molecule has 0 aliphatic carbocycles. The molecule has 1 heterocycles. The molecule has 5 heteroatoms. The molecule has 0 saturated carbocycles. The lowest BCUT2D eigenvalue weighted by Crippen LogP contribution is -2.36. The summed E-state index contributed by atoms with van der Waals surface area (Å²) < 4.78 is 18.0. The molecule has 0 unspecified atom stereocenters. The van der Waals surface area contributed by atoms with E-state index in [9.17, 15) is 4.39 Å². The molecule has 2 aromatic rings. The highest BCUT2D eigenvalue weighted by Gasteiger charge is 2.06. The van der Waals surface area contributed by atoms with Crippen molar-refractivity contribution in [3.63, 3.8) is 0 Å². The molecule has 3 nitrogen and oxygen atoms in total. The summed E-state index contributed by atoms with van der Waals surface area (Å²) in [6, 6.07) is 10.1. The van der Waals surface area contributed by atoms with Gasteiger partial charge in [-0.1, -0.05) is 12.1 Å². The maximum absolute atomic E-state index is 12.8. The lowest BCUT2D eigenvalue weighted by Gasteiger charge is -2.19. The minimum Gasteiger partial charge on any atom is -0.467 e. The van der Waals surface area contributed by atoms with Crippen LogP contribution in [-0.2, 0) is 13.1 Å². The van der Waals surface area contributed by atoms with Crippen LogP contribution >= 0.6 is 12.2 Å². The van der Waals surface area contributed by atoms with Gasteiger partial charge in [-0.2, -0.15) is 0 Å². The fourth-order valence-corrected chi connectivity index (χ4v) is 1.76. The number of furan rings is 1. The Kier molecular flexibility index (Phi) is 4.52. The Bertz CT molecular complexity index is 525. The fourth-order valence-electron chi connectivity index (χ4n) is 1.62. The van der Waals surface area contributed by atoms with Crippen molar-refractivity contribution in [1.82, 2.24) is 10.2 Å². The summed E-state index contributed by atoms with van der Waals surface area (Å²) in [4.78, 5) is 1.89. The van der Waals surface area contributed by atoms with Crippen molar-refractivity contribution in [1.29, 1.82) is 0 Å². The number of hydrogen-bond acceptors (Lipinski definition) is 2. The number of nitrogens with zero attached hydrogens (tertiary/aromatic N) is 1. The highest BCUT2D eigenvalue weighted by Crippen LogP contribution is 2.05. The van der Waals surface area contributed by atoms with E-state index in [1.807, 2.05) is 24.1 Å². The van der Waals surface area contributed by atoms with Crippen LogP contribution in [0.15, 0.2) is 47.1 Å². The highest BCUT2D eigenvalue weighted by atomic mass is 32.1. The summed E-state index contributed by atoms with van der Waals surface area (Å²) in [5, 5.41) is 3.75. The van der Waals surface area contributed by atoms with Crippen LogP contribution in [0.3, 0.4) is 0 Å². The fraction of sp³-hybridized carbons (Fsp3) is 0.214. The minimum absolute atomic E-state index is 0.235. The number of benzene rings is 1. The molecular weight excluding hydrogens is 263 g/mol. The van der Waals surface area contributed by atoms with Crippen molar-refractivity contribution in [3.05, 3.63) is 59.8 Å². The molecule has 1 aromatic heterocycles. The van der Waals surface area contributed by atoms with E-state index in [1.54, 1.807) is 18.4 Å². The Morgan fingerprint density at radius 1 is 1.32 bits per heavy atom. The molecule has 0 amide bonds. The molecule has 2 rings (SSSR count). The Hall–Kier alpha value is -1.88. The molecule has 0 atom stereocenters. The molecule has 1 N–H and O–H groups in total. The predicted molar refractivity (Wildman–Crippen MR) is 76.0 cm³/mol. The summed E-state index contributed by atoms with van der Waals surface area (Å²) in [6.07, 6.45) is 1.64. The third kappa shape index (κ3) is 4.06. The molecule has 0 aliphatic rings. The van der Waals surface area contributed by atoms with Crippen molar-refractivity contribution >= 4 is 17.3 Å². The number of nitrogens with one attached hydrogen (secondary N) is 1. The monoisotopic (exact) mass is 278 g/mol. The topological polar surface area (TPSA) is 28.4 Å². The smallest absolute Gasteiger partial charge is 0.169 e. The van der Waals surface area contributed by atoms with Crippen LogP contribution in [0.5, 0.6) is 0 Å². The van der Waals surface area contributed by atoms with Crippen molar-refractivity contribution in [2.24, 2.45) is 0 Å². The summed E-state index contributed by atoms with van der Waals surface area (Å²) in [5.41, 5.74) is 0.982. The molecule has 0 aliphatic heterocycles. The number of rotatable bonds is 4. The second-order valence-corrected chi connectivity index (χ2v) is 4.61. The van der Waals surface area contributed by atoms with E-state index in [0.717, 1.165) is 11.3 Å². The van der Waals surface area contributed by atoms with E-state index < -0.39 is 0 Å². The molecule has 19 heavy (non-hydrogen) atoms. The van der Waals surface area contributed by atoms with E-state index >= 15 is 0 Å². The number of thiocarbonyl (C=S) groups is 1. The Morgan fingerprint density at radius 3 is 2.68 bits per heavy atom. The second kappa shape index (κ2) is 6.33. The first-order valence-electron chi connectivity index (χ1n) is 5.91. The summed E-state index contributed by atoms with van der Waals surface area (Å²) in [5.74, 6) is 0.620. The van der Waals surface area contributed by atoms with Gasteiger partial charge in [0.15, 0.2) is 5.11 Å². The van der Waals surface area contributed by atoms with Gasteiger partial charge in [-0.25, -0.2) is 4.39 Å². The van der Waals surface area contributed by atoms with E-state index in [0.29, 0.717) is 18.2 Å². The predicted octanol–water partition coefficient (Wildman–Crippen LogP) is 2.93. The van der Waals surface area contributed by atoms with Crippen molar-refractivity contribution in [2.75, 3.05) is 7.05 Å². The average molecular weight is 278 g/mol. The molecule has 0 fully saturated rings. The molecule has 0 saturated heterocycles. The van der Waals surface area contributed by atoms with Crippen LogP contribution in [0.4, 0.5) is 4.39 Å². The van der Waals surface area contributed by atoms with Crippen molar-refractivity contribution < 1.29 is 8.81 Å². The van der Waals surface area contributed by atoms with Crippen LogP contribution in [0.25, 0.3) is 0 Å². The molecule has 1 aromatic carbocycles. The standard InChI is InChI=1S/C14H15FN2OS/c1-17(10-13-3-2-8-18-13)14(19)16-9-11-4-6-12(15)7-5-11/h2-8H,9-10H2,1H3,(H,16,19). The van der Waals surface area contributed by atoms with Crippen molar-refractivity contribution in [3.8, 4) is 0 Å². The second-order valence-electron chi connectivity index (χ2n) is 4.22. The van der Waals surface area contributed by atoms with Crippen LogP contribution in [0, 0.1) is 5.82 Å². The van der Waals surface area contributed by atoms with Gasteiger partial charge in [0.05, 0.1) is 12.8 Å². The number of halogens is 1. The summed E-state index contributed by atoms with van der Waals surface area (Å²) in [6.45, 7) is 1.18. The van der Waals surface area contributed by atoms with Gasteiger partial charge in [0, 0.05) is 13.6 Å². The molecule has 0 radical (unpaired) electrons. The highest BCUT2D eigenvalue weighted by molar-refractivity contribution is 7.80. The zero-order chi connectivity index (χ0) is 13.7. The third-order valence-electron chi connectivity index (χ3n) is 2.68. The lowest BCUT2D eigenvalue weighted by atomic mass is 10.2. The van der Waals surface area contributed by atoms with Gasteiger partial charge in [0.25, 0.3) is 0 Å². The van der Waals surface area contributed by atoms with Gasteiger partial charge in [-0.3, -0.25) is 0 Å². The van der Waals surface area contributed by atoms with Gasteiger partial charge in [-0.15, -0.1) is 0 Å². The largest absolute Gasteiger partial charge is 0.467 e. The van der Waals surface area contributed by atoms with Gasteiger partial charge in [-0.05, 0) is 42.0 Å². The van der Waals surface area contributed by atoms with Crippen LogP contribution in [-0.4, -0.2) is 17.1 Å². The Balaban J connectivity index is 1.82. The van der Waals surface area contributed by atoms with Gasteiger partial charge < -0.3 is 14.6 Å². The zero-order valence-corrected chi connectivity index (χ0v) is 11.4. The molecular formula is C14H15FN2OS.